The van der Waals surface area contributed by atoms with Gasteiger partial charge in [-0.3, -0.25) is 14.5 Å². The summed E-state index contributed by atoms with van der Waals surface area (Å²) in [6.45, 7) is 7.48. The normalized spacial score (nSPS) is 14.4. The van der Waals surface area contributed by atoms with E-state index >= 15 is 0 Å². The van der Waals surface area contributed by atoms with Gasteiger partial charge in [0.1, 0.15) is 5.75 Å². The van der Waals surface area contributed by atoms with Crippen molar-refractivity contribution in [2.45, 2.75) is 46.1 Å². The van der Waals surface area contributed by atoms with Crippen LogP contribution >= 0.6 is 11.8 Å². The van der Waals surface area contributed by atoms with Gasteiger partial charge in [0.2, 0.25) is 0 Å². The number of carbonyl (C=O) groups excluding carboxylic acids is 2. The molecule has 2 rings (SSSR count). The fraction of sp³-hybridized carbons (Fsp3) is 0.545. The van der Waals surface area contributed by atoms with Gasteiger partial charge in [0.25, 0.3) is 11.8 Å². The Hall–Kier alpha value is -1.83. The van der Waals surface area contributed by atoms with Crippen LogP contribution in [-0.4, -0.2) is 60.0 Å². The highest BCUT2D eigenvalue weighted by molar-refractivity contribution is 8.04. The van der Waals surface area contributed by atoms with Crippen LogP contribution < -0.4 is 4.74 Å². The Balaban J connectivity index is 2.12. The number of amides is 2. The van der Waals surface area contributed by atoms with Crippen LogP contribution in [0.2, 0.25) is 0 Å². The molecule has 29 heavy (non-hydrogen) atoms. The van der Waals surface area contributed by atoms with E-state index in [-0.39, 0.29) is 24.5 Å². The minimum atomic E-state index is -0.292. The van der Waals surface area contributed by atoms with E-state index in [4.69, 9.17) is 9.47 Å². The van der Waals surface area contributed by atoms with Crippen LogP contribution in [0.3, 0.4) is 0 Å². The van der Waals surface area contributed by atoms with Gasteiger partial charge in [0.05, 0.1) is 23.2 Å². The molecule has 0 spiro atoms. The summed E-state index contributed by atoms with van der Waals surface area (Å²) >= 11 is 1.22. The maximum Gasteiger partial charge on any atom is 0.267 e. The third-order valence-electron chi connectivity index (χ3n) is 4.29. The molecular formula is C22H31NO5S. The molecule has 0 unspecified atom stereocenters. The predicted molar refractivity (Wildman–Crippen MR) is 116 cm³/mol. The summed E-state index contributed by atoms with van der Waals surface area (Å²) in [5, 5.41) is 9.18. The first-order valence-corrected chi connectivity index (χ1v) is 11.2. The number of benzene rings is 1. The molecule has 0 saturated heterocycles. The van der Waals surface area contributed by atoms with Crippen molar-refractivity contribution in [3.8, 4) is 5.75 Å². The predicted octanol–water partition coefficient (Wildman–Crippen LogP) is 3.49. The smallest absolute Gasteiger partial charge is 0.267 e. The number of imide groups is 1. The quantitative estimate of drug-likeness (QED) is 0.388. The van der Waals surface area contributed by atoms with Crippen LogP contribution in [0.5, 0.6) is 5.75 Å². The summed E-state index contributed by atoms with van der Waals surface area (Å²) in [5.41, 5.74) is 1.08. The Kier molecular flexibility index (Phi) is 9.70. The Bertz CT molecular complexity index is 714. The van der Waals surface area contributed by atoms with Crippen LogP contribution in [0.1, 0.15) is 45.6 Å². The number of carbonyl (C=O) groups is 2. The van der Waals surface area contributed by atoms with E-state index in [0.717, 1.165) is 12.8 Å². The summed E-state index contributed by atoms with van der Waals surface area (Å²) in [7, 11) is 0. The summed E-state index contributed by atoms with van der Waals surface area (Å²) in [5.74, 6) is 0.494. The van der Waals surface area contributed by atoms with Crippen LogP contribution in [0, 0.1) is 0 Å². The lowest BCUT2D eigenvalue weighted by molar-refractivity contribution is -0.136. The molecule has 1 aromatic rings. The second-order valence-electron chi connectivity index (χ2n) is 7.05. The van der Waals surface area contributed by atoms with Crippen LogP contribution in [-0.2, 0) is 14.3 Å². The number of unbranched alkanes of at least 4 members (excludes halogenated alkanes) is 1. The SMILES string of the molecule is CCCCOCCCN1C(=O)C(SCCO)=C(c2ccc(OC(C)C)cc2)C1=O. The van der Waals surface area contributed by atoms with Crippen molar-refractivity contribution in [3.05, 3.63) is 34.7 Å². The molecule has 1 heterocycles. The average molecular weight is 422 g/mol. The molecule has 0 aliphatic carbocycles. The molecule has 6 nitrogen and oxygen atoms in total. The third-order valence-corrected chi connectivity index (χ3v) is 5.34. The number of thioether (sulfide) groups is 1. The van der Waals surface area contributed by atoms with Gasteiger partial charge in [-0.2, -0.15) is 0 Å². The van der Waals surface area contributed by atoms with E-state index < -0.39 is 0 Å². The van der Waals surface area contributed by atoms with Gasteiger partial charge >= 0.3 is 0 Å². The fourth-order valence-corrected chi connectivity index (χ4v) is 3.82. The molecule has 7 heteroatoms. The Morgan fingerprint density at radius 1 is 1.07 bits per heavy atom. The van der Waals surface area contributed by atoms with Crippen molar-refractivity contribution in [3.63, 3.8) is 0 Å². The molecule has 0 fully saturated rings. The van der Waals surface area contributed by atoms with Crippen LogP contribution in [0.25, 0.3) is 5.57 Å². The van der Waals surface area contributed by atoms with Crippen molar-refractivity contribution in [2.24, 2.45) is 0 Å². The molecule has 1 aromatic carbocycles. The number of ether oxygens (including phenoxy) is 2. The molecule has 1 N–H and O–H groups in total. The van der Waals surface area contributed by atoms with Crippen molar-refractivity contribution >= 4 is 29.1 Å². The number of hydrogen-bond acceptors (Lipinski definition) is 6. The topological polar surface area (TPSA) is 76.1 Å². The average Bonchev–Trinajstić information content (AvgIpc) is 2.93. The zero-order chi connectivity index (χ0) is 21.2. The van der Waals surface area contributed by atoms with E-state index in [1.807, 2.05) is 13.8 Å². The van der Waals surface area contributed by atoms with Crippen molar-refractivity contribution < 1.29 is 24.2 Å². The summed E-state index contributed by atoms with van der Waals surface area (Å²) in [4.78, 5) is 27.6. The Morgan fingerprint density at radius 2 is 1.76 bits per heavy atom. The van der Waals surface area contributed by atoms with Gasteiger partial charge in [0.15, 0.2) is 0 Å². The van der Waals surface area contributed by atoms with Crippen LogP contribution in [0.15, 0.2) is 29.2 Å². The first-order chi connectivity index (χ1) is 14.0. The van der Waals surface area contributed by atoms with Crippen LogP contribution in [0.4, 0.5) is 0 Å². The lowest BCUT2D eigenvalue weighted by atomic mass is 10.1. The third kappa shape index (κ3) is 6.59. The second kappa shape index (κ2) is 12.0. The van der Waals surface area contributed by atoms with E-state index in [2.05, 4.69) is 6.92 Å². The highest BCUT2D eigenvalue weighted by Crippen LogP contribution is 2.36. The zero-order valence-electron chi connectivity index (χ0n) is 17.5. The minimum absolute atomic E-state index is 0.0560. The zero-order valence-corrected chi connectivity index (χ0v) is 18.3. The Morgan fingerprint density at radius 3 is 2.38 bits per heavy atom. The molecule has 2 amide bonds. The maximum absolute atomic E-state index is 13.0. The van der Waals surface area contributed by atoms with Gasteiger partial charge in [-0.05, 0) is 44.4 Å². The number of aliphatic hydroxyl groups is 1. The highest BCUT2D eigenvalue weighted by Gasteiger charge is 2.38. The van der Waals surface area contributed by atoms with Gasteiger partial charge in [-0.25, -0.2) is 0 Å². The summed E-state index contributed by atoms with van der Waals surface area (Å²) in [6, 6.07) is 7.21. The Labute approximate surface area is 177 Å². The van der Waals surface area contributed by atoms with Crippen molar-refractivity contribution in [2.75, 3.05) is 32.1 Å². The fourth-order valence-electron chi connectivity index (χ4n) is 2.94. The monoisotopic (exact) mass is 421 g/mol. The van der Waals surface area contributed by atoms with E-state index in [1.54, 1.807) is 24.3 Å². The molecule has 1 aliphatic rings. The first kappa shape index (κ1) is 23.4. The number of rotatable bonds is 13. The maximum atomic E-state index is 13.0. The van der Waals surface area contributed by atoms with E-state index in [1.165, 1.54) is 16.7 Å². The highest BCUT2D eigenvalue weighted by atomic mass is 32.2. The molecule has 0 bridgehead atoms. The van der Waals surface area contributed by atoms with Crippen molar-refractivity contribution in [1.82, 2.24) is 4.90 Å². The number of hydrogen-bond donors (Lipinski definition) is 1. The molecular weight excluding hydrogens is 390 g/mol. The summed E-state index contributed by atoms with van der Waals surface area (Å²) < 4.78 is 11.2. The van der Waals surface area contributed by atoms with E-state index in [9.17, 15) is 14.7 Å². The molecule has 160 valence electrons. The molecule has 0 radical (unpaired) electrons. The number of nitrogens with zero attached hydrogens (tertiary/aromatic N) is 1. The lowest BCUT2D eigenvalue weighted by Gasteiger charge is -2.15. The lowest BCUT2D eigenvalue weighted by Crippen LogP contribution is -2.33. The van der Waals surface area contributed by atoms with E-state index in [0.29, 0.717) is 53.7 Å². The molecule has 1 aliphatic heterocycles. The minimum Gasteiger partial charge on any atom is -0.491 e. The molecule has 0 aromatic heterocycles. The van der Waals surface area contributed by atoms with Gasteiger partial charge in [-0.1, -0.05) is 25.5 Å². The summed E-state index contributed by atoms with van der Waals surface area (Å²) in [6.07, 6.45) is 2.74. The number of aliphatic hydroxyl groups excluding tert-OH is 1. The second-order valence-corrected chi connectivity index (χ2v) is 8.15. The van der Waals surface area contributed by atoms with Gasteiger partial charge in [-0.15, -0.1) is 11.8 Å². The first-order valence-electron chi connectivity index (χ1n) is 10.2. The van der Waals surface area contributed by atoms with Gasteiger partial charge < -0.3 is 14.6 Å². The molecule has 0 saturated carbocycles. The largest absolute Gasteiger partial charge is 0.491 e. The van der Waals surface area contributed by atoms with Gasteiger partial charge in [0, 0.05) is 25.5 Å². The standard InChI is InChI=1S/C22H31NO5S/c1-4-5-13-27-14-6-11-23-21(25)19(20(22(23)26)29-15-12-24)17-7-9-18(10-8-17)28-16(2)3/h7-10,16,24H,4-6,11-15H2,1-3H3. The van der Waals surface area contributed by atoms with Crippen molar-refractivity contribution in [1.29, 1.82) is 0 Å². The molecule has 0 atom stereocenters.